The van der Waals surface area contributed by atoms with Crippen LogP contribution in [0.2, 0.25) is 0 Å². The standard InChI is InChI=1S/C16H21NO4/c1-16(2,3)21-15(19)12-6-4-5-7-13(12)20-10-14(18)17-11-8-9-11/h4-7,11H,8-10H2,1-3H3,(H,17,18). The minimum Gasteiger partial charge on any atom is -0.483 e. The number of esters is 1. The lowest BCUT2D eigenvalue weighted by atomic mass is 10.1. The molecule has 1 saturated carbocycles. The van der Waals surface area contributed by atoms with Crippen LogP contribution in [0, 0.1) is 0 Å². The van der Waals surface area contributed by atoms with Crippen LogP contribution in [0.1, 0.15) is 44.0 Å². The Morgan fingerprint density at radius 2 is 1.90 bits per heavy atom. The average Bonchev–Trinajstić information content (AvgIpc) is 3.18. The lowest BCUT2D eigenvalue weighted by Crippen LogP contribution is -2.31. The van der Waals surface area contributed by atoms with Gasteiger partial charge in [0.05, 0.1) is 0 Å². The van der Waals surface area contributed by atoms with Crippen molar-refractivity contribution in [2.45, 2.75) is 45.3 Å². The van der Waals surface area contributed by atoms with E-state index in [0.717, 1.165) is 12.8 Å². The number of carbonyl (C=O) groups excluding carboxylic acids is 2. The maximum Gasteiger partial charge on any atom is 0.342 e. The minimum absolute atomic E-state index is 0.101. The minimum atomic E-state index is -0.576. The summed E-state index contributed by atoms with van der Waals surface area (Å²) in [4.78, 5) is 23.7. The van der Waals surface area contributed by atoms with Crippen molar-refractivity contribution in [3.05, 3.63) is 29.8 Å². The highest BCUT2D eigenvalue weighted by atomic mass is 16.6. The first-order valence-electron chi connectivity index (χ1n) is 7.10. The van der Waals surface area contributed by atoms with Gasteiger partial charge in [0.1, 0.15) is 16.9 Å². The molecule has 5 heteroatoms. The molecule has 1 amide bonds. The van der Waals surface area contributed by atoms with Crippen LogP contribution in [0.5, 0.6) is 5.75 Å². The second-order valence-corrected chi connectivity index (χ2v) is 6.13. The first kappa shape index (κ1) is 15.4. The van der Waals surface area contributed by atoms with E-state index in [1.54, 1.807) is 45.0 Å². The van der Waals surface area contributed by atoms with Crippen LogP contribution in [0.3, 0.4) is 0 Å². The molecule has 0 spiro atoms. The smallest absolute Gasteiger partial charge is 0.342 e. The van der Waals surface area contributed by atoms with Crippen molar-refractivity contribution in [1.29, 1.82) is 0 Å². The van der Waals surface area contributed by atoms with Crippen LogP contribution in [0.4, 0.5) is 0 Å². The molecule has 21 heavy (non-hydrogen) atoms. The molecule has 0 aromatic heterocycles. The lowest BCUT2D eigenvalue weighted by Gasteiger charge is -2.20. The Labute approximate surface area is 124 Å². The zero-order valence-corrected chi connectivity index (χ0v) is 12.6. The highest BCUT2D eigenvalue weighted by Crippen LogP contribution is 2.22. The summed E-state index contributed by atoms with van der Waals surface area (Å²) in [5.41, 5.74) is -0.250. The van der Waals surface area contributed by atoms with Crippen LogP contribution in [-0.4, -0.2) is 30.1 Å². The highest BCUT2D eigenvalue weighted by Gasteiger charge is 2.24. The van der Waals surface area contributed by atoms with E-state index in [1.165, 1.54) is 0 Å². The summed E-state index contributed by atoms with van der Waals surface area (Å²) in [6, 6.07) is 7.06. The Morgan fingerprint density at radius 1 is 1.24 bits per heavy atom. The molecule has 0 heterocycles. The van der Waals surface area contributed by atoms with E-state index in [-0.39, 0.29) is 12.5 Å². The number of ether oxygens (including phenoxy) is 2. The molecular weight excluding hydrogens is 270 g/mol. The van der Waals surface area contributed by atoms with E-state index >= 15 is 0 Å². The number of rotatable bonds is 5. The van der Waals surface area contributed by atoms with Crippen LogP contribution in [0.15, 0.2) is 24.3 Å². The average molecular weight is 291 g/mol. The second kappa shape index (κ2) is 6.16. The molecule has 1 aliphatic carbocycles. The quantitative estimate of drug-likeness (QED) is 0.845. The lowest BCUT2D eigenvalue weighted by molar-refractivity contribution is -0.123. The Bertz CT molecular complexity index is 529. The normalized spacial score (nSPS) is 14.4. The topological polar surface area (TPSA) is 64.6 Å². The van der Waals surface area contributed by atoms with E-state index in [2.05, 4.69) is 5.32 Å². The molecule has 0 saturated heterocycles. The van der Waals surface area contributed by atoms with Gasteiger partial charge < -0.3 is 14.8 Å². The van der Waals surface area contributed by atoms with Gasteiger partial charge in [0.2, 0.25) is 0 Å². The summed E-state index contributed by atoms with van der Waals surface area (Å²) in [5, 5.41) is 2.83. The fourth-order valence-electron chi connectivity index (χ4n) is 1.73. The zero-order valence-electron chi connectivity index (χ0n) is 12.6. The van der Waals surface area contributed by atoms with E-state index in [0.29, 0.717) is 17.4 Å². The number of amides is 1. The van der Waals surface area contributed by atoms with Gasteiger partial charge in [0.15, 0.2) is 6.61 Å². The SMILES string of the molecule is CC(C)(C)OC(=O)c1ccccc1OCC(=O)NC1CC1. The molecule has 0 aliphatic heterocycles. The third-order valence-corrected chi connectivity index (χ3v) is 2.81. The summed E-state index contributed by atoms with van der Waals surface area (Å²) >= 11 is 0. The second-order valence-electron chi connectivity index (χ2n) is 6.13. The van der Waals surface area contributed by atoms with Crippen molar-refractivity contribution in [3.63, 3.8) is 0 Å². The van der Waals surface area contributed by atoms with Gasteiger partial charge in [-0.15, -0.1) is 0 Å². The summed E-state index contributed by atoms with van der Waals surface area (Å²) in [6.07, 6.45) is 2.06. The van der Waals surface area contributed by atoms with Crippen molar-refractivity contribution < 1.29 is 19.1 Å². The van der Waals surface area contributed by atoms with Gasteiger partial charge in [-0.05, 0) is 45.7 Å². The van der Waals surface area contributed by atoms with Gasteiger partial charge in [-0.25, -0.2) is 4.79 Å². The maximum absolute atomic E-state index is 12.1. The molecule has 1 N–H and O–H groups in total. The van der Waals surface area contributed by atoms with Crippen LogP contribution in [-0.2, 0) is 9.53 Å². The number of benzene rings is 1. The first-order chi connectivity index (χ1) is 9.85. The summed E-state index contributed by atoms with van der Waals surface area (Å²) in [6.45, 7) is 5.31. The first-order valence-corrected chi connectivity index (χ1v) is 7.10. The number of para-hydroxylation sites is 1. The van der Waals surface area contributed by atoms with Crippen molar-refractivity contribution in [3.8, 4) is 5.75 Å². The molecule has 0 atom stereocenters. The molecule has 1 aromatic rings. The molecule has 0 unspecified atom stereocenters. The monoisotopic (exact) mass is 291 g/mol. The van der Waals surface area contributed by atoms with Gasteiger partial charge in [-0.3, -0.25) is 4.79 Å². The van der Waals surface area contributed by atoms with Gasteiger partial charge in [-0.2, -0.15) is 0 Å². The Morgan fingerprint density at radius 3 is 2.52 bits per heavy atom. The fraction of sp³-hybridized carbons (Fsp3) is 0.500. The maximum atomic E-state index is 12.1. The number of carbonyl (C=O) groups is 2. The van der Waals surface area contributed by atoms with Crippen molar-refractivity contribution in [2.24, 2.45) is 0 Å². The molecule has 1 aliphatic rings. The number of hydrogen-bond acceptors (Lipinski definition) is 4. The van der Waals surface area contributed by atoms with Crippen molar-refractivity contribution >= 4 is 11.9 Å². The molecule has 114 valence electrons. The van der Waals surface area contributed by atoms with E-state index in [9.17, 15) is 9.59 Å². The summed E-state index contributed by atoms with van der Waals surface area (Å²) in [7, 11) is 0. The van der Waals surface area contributed by atoms with Crippen LogP contribution < -0.4 is 10.1 Å². The molecule has 2 rings (SSSR count). The number of hydrogen-bond donors (Lipinski definition) is 1. The predicted octanol–water partition coefficient (Wildman–Crippen LogP) is 2.30. The van der Waals surface area contributed by atoms with Crippen LogP contribution >= 0.6 is 0 Å². The Hall–Kier alpha value is -2.04. The third kappa shape index (κ3) is 5.10. The van der Waals surface area contributed by atoms with E-state index in [1.807, 2.05) is 0 Å². The Balaban J connectivity index is 1.98. The van der Waals surface area contributed by atoms with Gasteiger partial charge in [0.25, 0.3) is 5.91 Å². The molecule has 0 bridgehead atoms. The van der Waals surface area contributed by atoms with E-state index in [4.69, 9.17) is 9.47 Å². The molecule has 1 fully saturated rings. The summed E-state index contributed by atoms with van der Waals surface area (Å²) in [5.74, 6) is -0.269. The molecular formula is C16H21NO4. The van der Waals surface area contributed by atoms with E-state index < -0.39 is 11.6 Å². The van der Waals surface area contributed by atoms with Gasteiger partial charge in [0, 0.05) is 6.04 Å². The van der Waals surface area contributed by atoms with Gasteiger partial charge in [-0.1, -0.05) is 12.1 Å². The molecule has 1 aromatic carbocycles. The highest BCUT2D eigenvalue weighted by molar-refractivity contribution is 5.93. The van der Waals surface area contributed by atoms with Crippen molar-refractivity contribution in [2.75, 3.05) is 6.61 Å². The fourth-order valence-corrected chi connectivity index (χ4v) is 1.73. The largest absolute Gasteiger partial charge is 0.483 e. The zero-order chi connectivity index (χ0) is 15.5. The predicted molar refractivity (Wildman–Crippen MR) is 78.3 cm³/mol. The number of nitrogens with one attached hydrogen (secondary N) is 1. The Kier molecular flexibility index (Phi) is 4.50. The van der Waals surface area contributed by atoms with Crippen molar-refractivity contribution in [1.82, 2.24) is 5.32 Å². The van der Waals surface area contributed by atoms with Crippen LogP contribution in [0.25, 0.3) is 0 Å². The van der Waals surface area contributed by atoms with Gasteiger partial charge >= 0.3 is 5.97 Å². The molecule has 5 nitrogen and oxygen atoms in total. The molecule has 0 radical (unpaired) electrons. The summed E-state index contributed by atoms with van der Waals surface area (Å²) < 4.78 is 10.8. The third-order valence-electron chi connectivity index (χ3n) is 2.81.